The van der Waals surface area contributed by atoms with E-state index in [9.17, 15) is 5.11 Å². The van der Waals surface area contributed by atoms with E-state index < -0.39 is 0 Å². The lowest BCUT2D eigenvalue weighted by molar-refractivity contribution is 0.476. The number of thiazole rings is 1. The Morgan fingerprint density at radius 2 is 2.05 bits per heavy atom. The van der Waals surface area contributed by atoms with Crippen LogP contribution >= 0.6 is 11.3 Å². The molecule has 3 heterocycles. The molecule has 0 atom stereocenters. The van der Waals surface area contributed by atoms with Gasteiger partial charge in [0.25, 0.3) is 0 Å². The molecule has 0 saturated carbocycles. The van der Waals surface area contributed by atoms with Gasteiger partial charge in [0, 0.05) is 17.1 Å². The van der Waals surface area contributed by atoms with Crippen LogP contribution in [0.15, 0.2) is 59.3 Å². The van der Waals surface area contributed by atoms with Crippen LogP contribution in [0, 0.1) is 0 Å². The van der Waals surface area contributed by atoms with Crippen molar-refractivity contribution in [2.24, 2.45) is 0 Å². The van der Waals surface area contributed by atoms with Crippen LogP contribution in [-0.2, 0) is 0 Å². The molecule has 106 valence electrons. The smallest absolute Gasteiger partial charge is 0.195 e. The van der Waals surface area contributed by atoms with E-state index in [0.717, 1.165) is 37.4 Å². The Morgan fingerprint density at radius 3 is 3.00 bits per heavy atom. The summed E-state index contributed by atoms with van der Waals surface area (Å²) in [6, 6.07) is 13.4. The molecule has 5 rings (SSSR count). The Hall–Kier alpha value is -2.79. The summed E-state index contributed by atoms with van der Waals surface area (Å²) in [5, 5.41) is 10.6. The number of phenolic OH excluding ortho intramolecular Hbond substituents is 1. The van der Waals surface area contributed by atoms with E-state index >= 15 is 0 Å². The zero-order chi connectivity index (χ0) is 14.7. The molecule has 5 heteroatoms. The number of aromatic hydroxyl groups is 1. The summed E-state index contributed by atoms with van der Waals surface area (Å²) in [6.07, 6.45) is 3.73. The first-order valence-corrected chi connectivity index (χ1v) is 7.68. The molecule has 0 saturated heterocycles. The van der Waals surface area contributed by atoms with Crippen molar-refractivity contribution >= 4 is 37.5 Å². The van der Waals surface area contributed by atoms with E-state index in [1.807, 2.05) is 30.5 Å². The molecule has 0 spiro atoms. The summed E-state index contributed by atoms with van der Waals surface area (Å²) in [6.45, 7) is 0. The standard InChI is InChI=1S/C17H10N2O2S/c20-12-2-3-14-16(8-12)22-17-18-13(9-19(14)17)10-1-4-15-11(7-10)5-6-21-15/h1-9,20H. The minimum absolute atomic E-state index is 0.280. The van der Waals surface area contributed by atoms with Crippen LogP contribution in [0.4, 0.5) is 0 Å². The quantitative estimate of drug-likeness (QED) is 0.489. The first kappa shape index (κ1) is 11.8. The molecule has 0 aliphatic rings. The van der Waals surface area contributed by atoms with Gasteiger partial charge in [0.2, 0.25) is 0 Å². The molecular formula is C17H10N2O2S. The molecule has 0 radical (unpaired) electrons. The monoisotopic (exact) mass is 306 g/mol. The predicted molar refractivity (Wildman–Crippen MR) is 87.4 cm³/mol. The number of nitrogens with zero attached hydrogens (tertiary/aromatic N) is 2. The molecule has 22 heavy (non-hydrogen) atoms. The number of furan rings is 1. The number of phenols is 1. The molecule has 1 N–H and O–H groups in total. The second-order valence-electron chi connectivity index (χ2n) is 5.21. The Kier molecular flexibility index (Phi) is 2.21. The Bertz CT molecular complexity index is 1150. The zero-order valence-corrected chi connectivity index (χ0v) is 12.2. The van der Waals surface area contributed by atoms with E-state index in [-0.39, 0.29) is 5.75 Å². The van der Waals surface area contributed by atoms with Gasteiger partial charge >= 0.3 is 0 Å². The van der Waals surface area contributed by atoms with Crippen LogP contribution in [0.25, 0.3) is 37.4 Å². The highest BCUT2D eigenvalue weighted by molar-refractivity contribution is 7.23. The zero-order valence-electron chi connectivity index (χ0n) is 11.4. The van der Waals surface area contributed by atoms with Crippen LogP contribution in [-0.4, -0.2) is 14.5 Å². The highest BCUT2D eigenvalue weighted by Gasteiger charge is 2.11. The topological polar surface area (TPSA) is 50.7 Å². The van der Waals surface area contributed by atoms with E-state index in [0.29, 0.717) is 0 Å². The normalized spacial score (nSPS) is 11.8. The van der Waals surface area contributed by atoms with Crippen molar-refractivity contribution in [2.75, 3.05) is 0 Å². The molecule has 0 aliphatic carbocycles. The minimum atomic E-state index is 0.280. The number of hydrogen-bond acceptors (Lipinski definition) is 4. The van der Waals surface area contributed by atoms with Gasteiger partial charge in [-0.2, -0.15) is 0 Å². The predicted octanol–water partition coefficient (Wildman–Crippen LogP) is 4.67. The number of aromatic nitrogens is 2. The second kappa shape index (κ2) is 4.11. The molecule has 0 aliphatic heterocycles. The van der Waals surface area contributed by atoms with Gasteiger partial charge in [0.15, 0.2) is 4.96 Å². The van der Waals surface area contributed by atoms with Crippen molar-refractivity contribution in [1.82, 2.24) is 9.38 Å². The Labute approximate surface area is 128 Å². The van der Waals surface area contributed by atoms with Gasteiger partial charge in [-0.25, -0.2) is 4.98 Å². The van der Waals surface area contributed by atoms with E-state index in [1.54, 1.807) is 29.7 Å². The van der Waals surface area contributed by atoms with Gasteiger partial charge in [-0.1, -0.05) is 11.3 Å². The summed E-state index contributed by atoms with van der Waals surface area (Å²) in [5.41, 5.74) is 3.94. The summed E-state index contributed by atoms with van der Waals surface area (Å²) >= 11 is 1.57. The van der Waals surface area contributed by atoms with Crippen molar-refractivity contribution in [3.05, 3.63) is 54.9 Å². The maximum Gasteiger partial charge on any atom is 0.195 e. The molecule has 4 nitrogen and oxygen atoms in total. The first-order valence-electron chi connectivity index (χ1n) is 6.86. The lowest BCUT2D eigenvalue weighted by atomic mass is 10.1. The van der Waals surface area contributed by atoms with Gasteiger partial charge < -0.3 is 9.52 Å². The van der Waals surface area contributed by atoms with Gasteiger partial charge in [0.05, 0.1) is 22.2 Å². The minimum Gasteiger partial charge on any atom is -0.508 e. The fraction of sp³-hybridized carbons (Fsp3) is 0. The summed E-state index contributed by atoms with van der Waals surface area (Å²) in [7, 11) is 0. The molecule has 0 bridgehead atoms. The van der Waals surface area contributed by atoms with Gasteiger partial charge in [-0.3, -0.25) is 4.40 Å². The molecule has 3 aromatic heterocycles. The molecule has 5 aromatic rings. The number of imidazole rings is 1. The summed E-state index contributed by atoms with van der Waals surface area (Å²) in [4.78, 5) is 5.63. The van der Waals surface area contributed by atoms with Gasteiger partial charge in [0.1, 0.15) is 11.3 Å². The molecule has 0 amide bonds. The van der Waals surface area contributed by atoms with Crippen LogP contribution < -0.4 is 0 Å². The van der Waals surface area contributed by atoms with Crippen molar-refractivity contribution in [2.45, 2.75) is 0 Å². The van der Waals surface area contributed by atoms with E-state index in [1.165, 1.54) is 0 Å². The number of rotatable bonds is 1. The Balaban J connectivity index is 1.74. The third-order valence-corrected chi connectivity index (χ3v) is 4.84. The lowest BCUT2D eigenvalue weighted by Crippen LogP contribution is -1.78. The van der Waals surface area contributed by atoms with Crippen molar-refractivity contribution in [3.63, 3.8) is 0 Å². The van der Waals surface area contributed by atoms with Gasteiger partial charge in [-0.05, 0) is 42.5 Å². The maximum atomic E-state index is 9.57. The van der Waals surface area contributed by atoms with Crippen LogP contribution in [0.2, 0.25) is 0 Å². The maximum absolute atomic E-state index is 9.57. The van der Waals surface area contributed by atoms with E-state index in [4.69, 9.17) is 9.40 Å². The fourth-order valence-corrected chi connectivity index (χ4v) is 3.80. The van der Waals surface area contributed by atoms with Crippen molar-refractivity contribution in [1.29, 1.82) is 0 Å². The largest absolute Gasteiger partial charge is 0.508 e. The number of fused-ring (bicyclic) bond motifs is 4. The highest BCUT2D eigenvalue weighted by atomic mass is 32.1. The summed E-state index contributed by atoms with van der Waals surface area (Å²) < 4.78 is 8.47. The first-order chi connectivity index (χ1) is 10.8. The number of benzene rings is 2. The fourth-order valence-electron chi connectivity index (χ4n) is 2.75. The summed E-state index contributed by atoms with van der Waals surface area (Å²) in [5.74, 6) is 0.280. The van der Waals surface area contributed by atoms with Crippen molar-refractivity contribution < 1.29 is 9.52 Å². The second-order valence-corrected chi connectivity index (χ2v) is 6.22. The third-order valence-electron chi connectivity index (χ3n) is 3.83. The van der Waals surface area contributed by atoms with Gasteiger partial charge in [-0.15, -0.1) is 0 Å². The molecule has 2 aromatic carbocycles. The lowest BCUT2D eigenvalue weighted by Gasteiger charge is -1.96. The molecule has 0 unspecified atom stereocenters. The van der Waals surface area contributed by atoms with Crippen LogP contribution in [0.3, 0.4) is 0 Å². The average Bonchev–Trinajstić information content (AvgIpc) is 3.19. The Morgan fingerprint density at radius 1 is 1.09 bits per heavy atom. The van der Waals surface area contributed by atoms with Crippen molar-refractivity contribution in [3.8, 4) is 17.0 Å². The van der Waals surface area contributed by atoms with Crippen LogP contribution in [0.5, 0.6) is 5.75 Å². The number of hydrogen-bond donors (Lipinski definition) is 1. The molecular weight excluding hydrogens is 296 g/mol. The third kappa shape index (κ3) is 1.60. The highest BCUT2D eigenvalue weighted by Crippen LogP contribution is 2.32. The molecule has 0 fully saturated rings. The average molecular weight is 306 g/mol. The van der Waals surface area contributed by atoms with E-state index in [2.05, 4.69) is 10.5 Å². The van der Waals surface area contributed by atoms with Crippen LogP contribution in [0.1, 0.15) is 0 Å². The SMILES string of the molecule is Oc1ccc2c(c1)sc1nc(-c3ccc4occc4c3)cn12.